The van der Waals surface area contributed by atoms with Gasteiger partial charge in [-0.25, -0.2) is 13.6 Å². The van der Waals surface area contributed by atoms with Crippen molar-refractivity contribution in [2.24, 2.45) is 0 Å². The summed E-state index contributed by atoms with van der Waals surface area (Å²) in [5.41, 5.74) is -0.308. The van der Waals surface area contributed by atoms with E-state index in [-0.39, 0.29) is 33.9 Å². The highest BCUT2D eigenvalue weighted by atomic mass is 19.3. The lowest BCUT2D eigenvalue weighted by Gasteiger charge is -2.13. The van der Waals surface area contributed by atoms with E-state index in [1.807, 2.05) is 0 Å². The maximum Gasteiger partial charge on any atom is 0.512 e. The van der Waals surface area contributed by atoms with Crippen LogP contribution in [0.5, 0.6) is 11.6 Å². The number of carbonyl (C=O) groups excluding carboxylic acids is 1. The molecular formula is C21H17F4N3O5. The van der Waals surface area contributed by atoms with E-state index in [0.29, 0.717) is 6.92 Å². The van der Waals surface area contributed by atoms with Gasteiger partial charge in [-0.2, -0.15) is 18.6 Å². The molecule has 8 nitrogen and oxygen atoms in total. The number of ether oxygens (including phenoxy) is 2. The van der Waals surface area contributed by atoms with Crippen LogP contribution in [0.3, 0.4) is 0 Å². The predicted octanol–water partition coefficient (Wildman–Crippen LogP) is 5.20. The van der Waals surface area contributed by atoms with Crippen molar-refractivity contribution in [2.75, 3.05) is 5.32 Å². The Morgan fingerprint density at radius 1 is 1.15 bits per heavy atom. The number of benzene rings is 2. The molecule has 0 saturated heterocycles. The van der Waals surface area contributed by atoms with Crippen LogP contribution < -0.4 is 14.8 Å². The van der Waals surface area contributed by atoms with Crippen LogP contribution in [0.1, 0.15) is 28.5 Å². The van der Waals surface area contributed by atoms with Crippen LogP contribution in [-0.2, 0) is 5.92 Å². The smallest absolute Gasteiger partial charge is 0.449 e. The number of halogens is 4. The largest absolute Gasteiger partial charge is 0.512 e. The molecule has 0 bridgehead atoms. The van der Waals surface area contributed by atoms with Crippen molar-refractivity contribution >= 4 is 17.7 Å². The summed E-state index contributed by atoms with van der Waals surface area (Å²) in [5, 5.41) is 15.7. The van der Waals surface area contributed by atoms with Crippen molar-refractivity contribution in [3.05, 3.63) is 65.4 Å². The minimum atomic E-state index is -3.14. The van der Waals surface area contributed by atoms with Crippen LogP contribution in [0, 0.1) is 6.92 Å². The number of rotatable bonds is 7. The maximum absolute atomic E-state index is 13.6. The number of alkyl halides is 4. The topological polar surface area (TPSA) is 103 Å². The Bertz CT molecular complexity index is 1170. The van der Waals surface area contributed by atoms with Gasteiger partial charge in [0.15, 0.2) is 0 Å². The summed E-state index contributed by atoms with van der Waals surface area (Å²) in [6.07, 6.45) is -1.74. The molecule has 0 atom stereocenters. The van der Waals surface area contributed by atoms with E-state index in [4.69, 9.17) is 9.84 Å². The summed E-state index contributed by atoms with van der Waals surface area (Å²) in [6.45, 7) is -0.918. The molecule has 0 fully saturated rings. The Kier molecular flexibility index (Phi) is 6.56. The number of carbonyl (C=O) groups is 2. The van der Waals surface area contributed by atoms with Gasteiger partial charge in [-0.1, -0.05) is 12.1 Å². The molecule has 1 amide bonds. The first-order valence-electron chi connectivity index (χ1n) is 9.31. The monoisotopic (exact) mass is 467 g/mol. The Balaban J connectivity index is 1.98. The molecule has 0 unspecified atom stereocenters. The first-order valence-corrected chi connectivity index (χ1v) is 9.31. The van der Waals surface area contributed by atoms with Crippen molar-refractivity contribution in [2.45, 2.75) is 26.4 Å². The van der Waals surface area contributed by atoms with Gasteiger partial charge in [-0.05, 0) is 43.3 Å². The van der Waals surface area contributed by atoms with Gasteiger partial charge in [-0.3, -0.25) is 4.79 Å². The first kappa shape index (κ1) is 23.6. The standard InChI is InChI=1S/C21H17F4N3O5/c1-11-16(17(29)26-13-5-3-4-12(10-13)21(2,24)25)18(33-20(30)31)28(27-11)14-6-8-15(9-7-14)32-19(22)23/h3-10,19H,1-2H3,(H,26,29)(H,30,31). The van der Waals surface area contributed by atoms with Crippen molar-refractivity contribution in [1.29, 1.82) is 0 Å². The second kappa shape index (κ2) is 9.18. The maximum atomic E-state index is 13.6. The number of aromatic nitrogens is 2. The van der Waals surface area contributed by atoms with Gasteiger partial charge in [0.2, 0.25) is 5.88 Å². The lowest BCUT2D eigenvalue weighted by atomic mass is 10.1. The van der Waals surface area contributed by atoms with Gasteiger partial charge < -0.3 is 19.9 Å². The van der Waals surface area contributed by atoms with Crippen molar-refractivity contribution in [3.8, 4) is 17.3 Å². The van der Waals surface area contributed by atoms with Gasteiger partial charge in [0, 0.05) is 18.2 Å². The number of aryl methyl sites for hydroxylation is 1. The summed E-state index contributed by atoms with van der Waals surface area (Å²) >= 11 is 0. The molecule has 2 N–H and O–H groups in total. The third kappa shape index (κ3) is 5.59. The number of hydrogen-bond acceptors (Lipinski definition) is 5. The van der Waals surface area contributed by atoms with E-state index in [1.165, 1.54) is 49.4 Å². The molecule has 0 aliphatic rings. The van der Waals surface area contributed by atoms with Crippen LogP contribution in [0.15, 0.2) is 48.5 Å². The van der Waals surface area contributed by atoms with Crippen LogP contribution >= 0.6 is 0 Å². The Labute approximate surface area is 184 Å². The van der Waals surface area contributed by atoms with Gasteiger partial charge in [0.1, 0.15) is 11.3 Å². The van der Waals surface area contributed by atoms with Gasteiger partial charge >= 0.3 is 12.8 Å². The van der Waals surface area contributed by atoms with E-state index >= 15 is 0 Å². The van der Waals surface area contributed by atoms with Crippen LogP contribution in [-0.4, -0.2) is 33.6 Å². The number of nitrogens with zero attached hydrogens (tertiary/aromatic N) is 2. The summed E-state index contributed by atoms with van der Waals surface area (Å²) in [6, 6.07) is 9.97. The minimum absolute atomic E-state index is 0.0425. The number of amides is 1. The van der Waals surface area contributed by atoms with Gasteiger partial charge in [0.25, 0.3) is 11.8 Å². The Morgan fingerprint density at radius 3 is 2.39 bits per heavy atom. The average Bonchev–Trinajstić information content (AvgIpc) is 3.03. The molecule has 0 aliphatic carbocycles. The molecule has 0 saturated carbocycles. The lowest BCUT2D eigenvalue weighted by Crippen LogP contribution is -2.17. The van der Waals surface area contributed by atoms with Crippen LogP contribution in [0.4, 0.5) is 28.0 Å². The Morgan fingerprint density at radius 2 is 1.82 bits per heavy atom. The third-order valence-electron chi connectivity index (χ3n) is 4.36. The molecule has 3 aromatic rings. The zero-order chi connectivity index (χ0) is 24.3. The Hall–Kier alpha value is -4.09. The van der Waals surface area contributed by atoms with Crippen LogP contribution in [0.25, 0.3) is 5.69 Å². The SMILES string of the molecule is Cc1nn(-c2ccc(OC(F)F)cc2)c(OC(=O)O)c1C(=O)Nc1cccc(C(C)(F)F)c1. The summed E-state index contributed by atoms with van der Waals surface area (Å²) in [5.74, 6) is -4.62. The summed E-state index contributed by atoms with van der Waals surface area (Å²) in [7, 11) is 0. The molecule has 0 aliphatic heterocycles. The minimum Gasteiger partial charge on any atom is -0.449 e. The number of nitrogens with one attached hydrogen (secondary N) is 1. The average molecular weight is 467 g/mol. The molecule has 2 aromatic carbocycles. The highest BCUT2D eigenvalue weighted by Crippen LogP contribution is 2.31. The first-order chi connectivity index (χ1) is 15.5. The van der Waals surface area contributed by atoms with E-state index in [2.05, 4.69) is 15.2 Å². The highest BCUT2D eigenvalue weighted by Gasteiger charge is 2.28. The van der Waals surface area contributed by atoms with Crippen molar-refractivity contribution < 1.29 is 41.7 Å². The lowest BCUT2D eigenvalue weighted by molar-refractivity contribution is -0.0498. The molecule has 0 spiro atoms. The van der Waals surface area contributed by atoms with Crippen molar-refractivity contribution in [1.82, 2.24) is 9.78 Å². The van der Waals surface area contributed by atoms with E-state index in [0.717, 1.165) is 10.7 Å². The molecule has 12 heteroatoms. The van der Waals surface area contributed by atoms with Gasteiger partial charge in [0.05, 0.1) is 11.4 Å². The van der Waals surface area contributed by atoms with Gasteiger partial charge in [-0.15, -0.1) is 0 Å². The third-order valence-corrected chi connectivity index (χ3v) is 4.36. The zero-order valence-corrected chi connectivity index (χ0v) is 17.2. The molecule has 33 heavy (non-hydrogen) atoms. The predicted molar refractivity (Wildman–Crippen MR) is 108 cm³/mol. The fraction of sp³-hybridized carbons (Fsp3) is 0.190. The normalized spacial score (nSPS) is 11.4. The molecule has 1 heterocycles. The fourth-order valence-electron chi connectivity index (χ4n) is 2.95. The highest BCUT2D eigenvalue weighted by molar-refractivity contribution is 6.07. The molecule has 174 valence electrons. The number of carboxylic acid groups (broad SMARTS) is 1. The van der Waals surface area contributed by atoms with E-state index < -0.39 is 30.5 Å². The molecular weight excluding hydrogens is 450 g/mol. The van der Waals surface area contributed by atoms with E-state index in [9.17, 15) is 27.2 Å². The fourth-order valence-corrected chi connectivity index (χ4v) is 2.95. The molecule has 1 aromatic heterocycles. The van der Waals surface area contributed by atoms with Crippen molar-refractivity contribution in [3.63, 3.8) is 0 Å². The zero-order valence-electron chi connectivity index (χ0n) is 17.2. The summed E-state index contributed by atoms with van der Waals surface area (Å²) < 4.78 is 61.9. The summed E-state index contributed by atoms with van der Waals surface area (Å²) in [4.78, 5) is 24.1. The number of hydrogen-bond donors (Lipinski definition) is 2. The molecule has 3 rings (SSSR count). The quantitative estimate of drug-likeness (QED) is 0.366. The number of anilines is 1. The second-order valence-corrected chi connectivity index (χ2v) is 6.84. The van der Waals surface area contributed by atoms with E-state index in [1.54, 1.807) is 0 Å². The van der Waals surface area contributed by atoms with Crippen LogP contribution in [0.2, 0.25) is 0 Å². The molecule has 0 radical (unpaired) electrons. The second-order valence-electron chi connectivity index (χ2n) is 6.84.